The summed E-state index contributed by atoms with van der Waals surface area (Å²) in [5.74, 6) is -0.0719. The zero-order valence-electron chi connectivity index (χ0n) is 12.1. The number of carbonyl (C=O) groups excluding carboxylic acids is 1. The lowest BCUT2D eigenvalue weighted by molar-refractivity contribution is 0.0957. The van der Waals surface area contributed by atoms with E-state index in [2.05, 4.69) is 26.2 Å². The Morgan fingerprint density at radius 2 is 1.95 bits per heavy atom. The molecule has 0 aliphatic heterocycles. The highest BCUT2D eigenvalue weighted by Gasteiger charge is 2.13. The van der Waals surface area contributed by atoms with Gasteiger partial charge in [0.1, 0.15) is 0 Å². The number of halogens is 1. The van der Waals surface area contributed by atoms with Gasteiger partial charge in [-0.3, -0.25) is 4.79 Å². The lowest BCUT2D eigenvalue weighted by Crippen LogP contribution is -2.23. The fourth-order valence-electron chi connectivity index (χ4n) is 2.41. The highest BCUT2D eigenvalue weighted by molar-refractivity contribution is 9.10. The van der Waals surface area contributed by atoms with Crippen molar-refractivity contribution in [3.05, 3.63) is 64.6 Å². The molecule has 22 heavy (non-hydrogen) atoms. The molecule has 0 spiro atoms. The van der Waals surface area contributed by atoms with E-state index in [1.54, 1.807) is 0 Å². The molecule has 0 atom stereocenters. The number of nitrogens with zero attached hydrogens (tertiary/aromatic N) is 1. The van der Waals surface area contributed by atoms with Gasteiger partial charge in [0.2, 0.25) is 0 Å². The predicted molar refractivity (Wildman–Crippen MR) is 92.9 cm³/mol. The molecular weight excluding hydrogens is 340 g/mol. The summed E-state index contributed by atoms with van der Waals surface area (Å²) >= 11 is 3.47. The van der Waals surface area contributed by atoms with Crippen LogP contribution in [-0.4, -0.2) is 17.4 Å². The number of fused-ring (bicyclic) bond motifs is 1. The Kier molecular flexibility index (Phi) is 4.20. The van der Waals surface area contributed by atoms with Crippen molar-refractivity contribution in [3.63, 3.8) is 0 Å². The van der Waals surface area contributed by atoms with E-state index >= 15 is 0 Å². The zero-order valence-corrected chi connectivity index (χ0v) is 13.7. The van der Waals surface area contributed by atoms with Crippen LogP contribution in [0.25, 0.3) is 22.2 Å². The van der Waals surface area contributed by atoms with Gasteiger partial charge in [0.25, 0.3) is 5.91 Å². The van der Waals surface area contributed by atoms with E-state index in [-0.39, 0.29) is 5.91 Å². The maximum absolute atomic E-state index is 12.4. The third-order valence-corrected chi connectivity index (χ3v) is 3.91. The summed E-state index contributed by atoms with van der Waals surface area (Å²) in [6.07, 6.45) is 0. The van der Waals surface area contributed by atoms with Crippen molar-refractivity contribution in [2.45, 2.75) is 6.92 Å². The van der Waals surface area contributed by atoms with E-state index in [9.17, 15) is 4.79 Å². The summed E-state index contributed by atoms with van der Waals surface area (Å²) in [7, 11) is 0. The summed E-state index contributed by atoms with van der Waals surface area (Å²) in [6.45, 7) is 2.51. The van der Waals surface area contributed by atoms with E-state index < -0.39 is 0 Å². The standard InChI is InChI=1S/C18H15BrN2O/c1-2-20-18(22)15-11-17(12-6-5-7-13(19)10-12)21-16-9-4-3-8-14(15)16/h3-11H,2H2,1H3,(H,20,22). The van der Waals surface area contributed by atoms with Gasteiger partial charge in [-0.1, -0.05) is 46.3 Å². The third-order valence-electron chi connectivity index (χ3n) is 3.42. The van der Waals surface area contributed by atoms with E-state index in [4.69, 9.17) is 0 Å². The zero-order chi connectivity index (χ0) is 15.5. The number of pyridine rings is 1. The van der Waals surface area contributed by atoms with Crippen LogP contribution in [-0.2, 0) is 0 Å². The first kappa shape index (κ1) is 14.7. The molecule has 0 saturated carbocycles. The fraction of sp³-hybridized carbons (Fsp3) is 0.111. The molecule has 0 aliphatic carbocycles. The van der Waals surface area contributed by atoms with Gasteiger partial charge in [0.15, 0.2) is 0 Å². The smallest absolute Gasteiger partial charge is 0.252 e. The van der Waals surface area contributed by atoms with E-state index in [0.717, 1.165) is 26.6 Å². The Morgan fingerprint density at radius 1 is 1.14 bits per heavy atom. The highest BCUT2D eigenvalue weighted by Crippen LogP contribution is 2.26. The van der Waals surface area contributed by atoms with Crippen LogP contribution in [0.3, 0.4) is 0 Å². The molecule has 1 heterocycles. The molecular formula is C18H15BrN2O. The maximum Gasteiger partial charge on any atom is 0.252 e. The van der Waals surface area contributed by atoms with Crippen LogP contribution < -0.4 is 5.32 Å². The van der Waals surface area contributed by atoms with Crippen molar-refractivity contribution in [3.8, 4) is 11.3 Å². The molecule has 3 rings (SSSR count). The summed E-state index contributed by atoms with van der Waals surface area (Å²) in [6, 6.07) is 17.5. The Bertz CT molecular complexity index is 845. The molecule has 0 saturated heterocycles. The highest BCUT2D eigenvalue weighted by atomic mass is 79.9. The lowest BCUT2D eigenvalue weighted by Gasteiger charge is -2.10. The number of hydrogen-bond donors (Lipinski definition) is 1. The molecule has 3 aromatic rings. The summed E-state index contributed by atoms with van der Waals surface area (Å²) in [5, 5.41) is 3.74. The maximum atomic E-state index is 12.4. The van der Waals surface area contributed by atoms with Crippen molar-refractivity contribution in [1.29, 1.82) is 0 Å². The van der Waals surface area contributed by atoms with Gasteiger partial charge in [-0.15, -0.1) is 0 Å². The van der Waals surface area contributed by atoms with Crippen molar-refractivity contribution in [1.82, 2.24) is 10.3 Å². The van der Waals surface area contributed by atoms with Crippen LogP contribution in [0.4, 0.5) is 0 Å². The summed E-state index contributed by atoms with van der Waals surface area (Å²) in [4.78, 5) is 17.0. The van der Waals surface area contributed by atoms with Crippen LogP contribution >= 0.6 is 15.9 Å². The second kappa shape index (κ2) is 6.28. The molecule has 1 amide bonds. The normalized spacial score (nSPS) is 10.6. The monoisotopic (exact) mass is 354 g/mol. The molecule has 0 bridgehead atoms. The summed E-state index contributed by atoms with van der Waals surface area (Å²) < 4.78 is 0.986. The first-order valence-corrected chi connectivity index (χ1v) is 7.92. The SMILES string of the molecule is CCNC(=O)c1cc(-c2cccc(Br)c2)nc2ccccc12. The first-order chi connectivity index (χ1) is 10.7. The number of amides is 1. The number of rotatable bonds is 3. The van der Waals surface area contributed by atoms with Crippen LogP contribution in [0, 0.1) is 0 Å². The minimum atomic E-state index is -0.0719. The predicted octanol–water partition coefficient (Wildman–Crippen LogP) is 4.41. The Hall–Kier alpha value is -2.20. The van der Waals surface area contributed by atoms with Gasteiger partial charge in [0.05, 0.1) is 16.8 Å². The molecule has 0 aliphatic rings. The van der Waals surface area contributed by atoms with Gasteiger partial charge in [-0.05, 0) is 31.2 Å². The van der Waals surface area contributed by atoms with Gasteiger partial charge < -0.3 is 5.32 Å². The van der Waals surface area contributed by atoms with Gasteiger partial charge in [0, 0.05) is 22.0 Å². The minimum Gasteiger partial charge on any atom is -0.352 e. The van der Waals surface area contributed by atoms with Crippen LogP contribution in [0.5, 0.6) is 0 Å². The van der Waals surface area contributed by atoms with Crippen LogP contribution in [0.2, 0.25) is 0 Å². The quantitative estimate of drug-likeness (QED) is 0.756. The number of benzene rings is 2. The Morgan fingerprint density at radius 3 is 2.73 bits per heavy atom. The van der Waals surface area contributed by atoms with Crippen molar-refractivity contribution in [2.75, 3.05) is 6.54 Å². The number of hydrogen-bond acceptors (Lipinski definition) is 2. The van der Waals surface area contributed by atoms with Gasteiger partial charge in [-0.2, -0.15) is 0 Å². The molecule has 0 fully saturated rings. The Balaban J connectivity index is 2.22. The molecule has 110 valence electrons. The molecule has 4 heteroatoms. The number of aromatic nitrogens is 1. The fourth-order valence-corrected chi connectivity index (χ4v) is 2.81. The largest absolute Gasteiger partial charge is 0.352 e. The van der Waals surface area contributed by atoms with E-state index in [1.165, 1.54) is 0 Å². The summed E-state index contributed by atoms with van der Waals surface area (Å²) in [5.41, 5.74) is 3.25. The van der Waals surface area contributed by atoms with Crippen LogP contribution in [0.1, 0.15) is 17.3 Å². The van der Waals surface area contributed by atoms with Gasteiger partial charge in [-0.25, -0.2) is 4.98 Å². The van der Waals surface area contributed by atoms with E-state index in [1.807, 2.05) is 61.5 Å². The molecule has 2 aromatic carbocycles. The first-order valence-electron chi connectivity index (χ1n) is 7.13. The number of para-hydroxylation sites is 1. The van der Waals surface area contributed by atoms with Crippen molar-refractivity contribution >= 4 is 32.7 Å². The minimum absolute atomic E-state index is 0.0719. The second-order valence-electron chi connectivity index (χ2n) is 4.94. The molecule has 1 aromatic heterocycles. The average Bonchev–Trinajstić information content (AvgIpc) is 2.54. The van der Waals surface area contributed by atoms with Crippen LogP contribution in [0.15, 0.2) is 59.1 Å². The topological polar surface area (TPSA) is 42.0 Å². The molecule has 0 unspecified atom stereocenters. The molecule has 3 nitrogen and oxygen atoms in total. The Labute approximate surface area is 137 Å². The van der Waals surface area contributed by atoms with Crippen molar-refractivity contribution < 1.29 is 4.79 Å². The molecule has 0 radical (unpaired) electrons. The third kappa shape index (κ3) is 2.88. The van der Waals surface area contributed by atoms with E-state index in [0.29, 0.717) is 12.1 Å². The lowest BCUT2D eigenvalue weighted by atomic mass is 10.0. The van der Waals surface area contributed by atoms with Crippen molar-refractivity contribution in [2.24, 2.45) is 0 Å². The van der Waals surface area contributed by atoms with Gasteiger partial charge >= 0.3 is 0 Å². The average molecular weight is 355 g/mol. The number of nitrogens with one attached hydrogen (secondary N) is 1. The number of carbonyl (C=O) groups is 1. The second-order valence-corrected chi connectivity index (χ2v) is 5.86. The molecule has 1 N–H and O–H groups in total.